The van der Waals surface area contributed by atoms with Crippen molar-refractivity contribution in [2.45, 2.75) is 12.5 Å². The summed E-state index contributed by atoms with van der Waals surface area (Å²) in [5, 5.41) is 0.724. The summed E-state index contributed by atoms with van der Waals surface area (Å²) in [5.74, 6) is 1.48. The van der Waals surface area contributed by atoms with Crippen LogP contribution in [0.25, 0.3) is 0 Å². The molecule has 0 N–H and O–H groups in total. The van der Waals surface area contributed by atoms with E-state index in [1.165, 1.54) is 5.56 Å². The van der Waals surface area contributed by atoms with Gasteiger partial charge in [0.25, 0.3) is 0 Å². The lowest BCUT2D eigenvalue weighted by atomic mass is 9.92. The summed E-state index contributed by atoms with van der Waals surface area (Å²) < 4.78 is 16.7. The van der Waals surface area contributed by atoms with E-state index in [9.17, 15) is 0 Å². The summed E-state index contributed by atoms with van der Waals surface area (Å²) in [6, 6.07) is 11.8. The lowest BCUT2D eigenvalue weighted by Gasteiger charge is -2.27. The highest BCUT2D eigenvalue weighted by Crippen LogP contribution is 2.39. The molecule has 110 valence electrons. The zero-order valence-electron chi connectivity index (χ0n) is 12.1. The van der Waals surface area contributed by atoms with E-state index >= 15 is 0 Å². The van der Waals surface area contributed by atoms with Crippen LogP contribution in [0.4, 0.5) is 0 Å². The maximum absolute atomic E-state index is 5.96. The van der Waals surface area contributed by atoms with Gasteiger partial charge >= 0.3 is 0 Å². The third-order valence-corrected chi connectivity index (χ3v) is 4.01. The van der Waals surface area contributed by atoms with Crippen LogP contribution in [0.5, 0.6) is 11.5 Å². The summed E-state index contributed by atoms with van der Waals surface area (Å²) in [5.41, 5.74) is 3.45. The molecule has 0 amide bonds. The molecule has 0 spiro atoms. The predicted octanol–water partition coefficient (Wildman–Crippen LogP) is 4.02. The third-order valence-electron chi connectivity index (χ3n) is 3.76. The van der Waals surface area contributed by atoms with Crippen molar-refractivity contribution in [2.24, 2.45) is 0 Å². The fourth-order valence-corrected chi connectivity index (χ4v) is 2.81. The molecule has 2 aromatic rings. The van der Waals surface area contributed by atoms with Crippen LogP contribution in [0.3, 0.4) is 0 Å². The lowest BCUT2D eigenvalue weighted by molar-refractivity contribution is 0.0695. The smallest absolute Gasteiger partial charge is 0.161 e. The van der Waals surface area contributed by atoms with E-state index in [2.05, 4.69) is 0 Å². The van der Waals surface area contributed by atoms with Crippen LogP contribution in [0.2, 0.25) is 5.02 Å². The molecule has 0 aromatic heterocycles. The molecule has 0 saturated carbocycles. The Kier molecular flexibility index (Phi) is 4.04. The maximum atomic E-state index is 5.96. The summed E-state index contributed by atoms with van der Waals surface area (Å²) in [6.45, 7) is 0.690. The molecule has 0 radical (unpaired) electrons. The molecule has 1 aliphatic heterocycles. The van der Waals surface area contributed by atoms with Crippen LogP contribution in [0, 0.1) is 0 Å². The number of benzene rings is 2. The van der Waals surface area contributed by atoms with Crippen molar-refractivity contribution >= 4 is 11.6 Å². The molecule has 0 bridgehead atoms. The summed E-state index contributed by atoms with van der Waals surface area (Å²) >= 11 is 5.96. The number of fused-ring (bicyclic) bond motifs is 1. The van der Waals surface area contributed by atoms with Crippen molar-refractivity contribution in [3.8, 4) is 11.5 Å². The Bertz CT molecular complexity index is 637. The van der Waals surface area contributed by atoms with E-state index < -0.39 is 0 Å². The first kappa shape index (κ1) is 14.2. The van der Waals surface area contributed by atoms with E-state index in [-0.39, 0.29) is 6.10 Å². The molecule has 3 nitrogen and oxygen atoms in total. The Balaban J connectivity index is 2.06. The molecule has 21 heavy (non-hydrogen) atoms. The number of hydrogen-bond donors (Lipinski definition) is 0. The molecule has 4 heteroatoms. The van der Waals surface area contributed by atoms with E-state index in [1.54, 1.807) is 14.2 Å². The Morgan fingerprint density at radius 3 is 2.38 bits per heavy atom. The SMILES string of the molecule is COc1cc2c(cc1OC)C(c1ccc(Cl)cc1)OCC2. The summed E-state index contributed by atoms with van der Waals surface area (Å²) in [6.07, 6.45) is 0.783. The average Bonchev–Trinajstić information content (AvgIpc) is 2.53. The number of ether oxygens (including phenoxy) is 3. The van der Waals surface area contributed by atoms with Crippen LogP contribution in [0.15, 0.2) is 36.4 Å². The molecule has 1 unspecified atom stereocenters. The molecule has 0 aliphatic carbocycles. The van der Waals surface area contributed by atoms with Crippen LogP contribution in [0.1, 0.15) is 22.8 Å². The largest absolute Gasteiger partial charge is 0.493 e. The summed E-state index contributed by atoms with van der Waals surface area (Å²) in [4.78, 5) is 0. The highest BCUT2D eigenvalue weighted by atomic mass is 35.5. The zero-order chi connectivity index (χ0) is 14.8. The van der Waals surface area contributed by atoms with Gasteiger partial charge in [-0.3, -0.25) is 0 Å². The monoisotopic (exact) mass is 304 g/mol. The molecule has 1 aliphatic rings. The Labute approximate surface area is 129 Å². The normalized spacial score (nSPS) is 17.2. The number of halogens is 1. The van der Waals surface area contributed by atoms with Gasteiger partial charge in [-0.15, -0.1) is 0 Å². The van der Waals surface area contributed by atoms with E-state index in [0.29, 0.717) is 6.61 Å². The molecule has 3 rings (SSSR count). The first-order valence-electron chi connectivity index (χ1n) is 6.85. The van der Waals surface area contributed by atoms with Crippen LogP contribution < -0.4 is 9.47 Å². The van der Waals surface area contributed by atoms with Crippen molar-refractivity contribution in [3.05, 3.63) is 58.1 Å². The van der Waals surface area contributed by atoms with Gasteiger partial charge in [-0.05, 0) is 47.4 Å². The molecule has 2 aromatic carbocycles. The molecule has 1 atom stereocenters. The van der Waals surface area contributed by atoms with Gasteiger partial charge in [0.15, 0.2) is 11.5 Å². The lowest BCUT2D eigenvalue weighted by Crippen LogP contribution is -2.17. The van der Waals surface area contributed by atoms with Crippen molar-refractivity contribution in [1.29, 1.82) is 0 Å². The summed E-state index contributed by atoms with van der Waals surface area (Å²) in [7, 11) is 3.30. The third kappa shape index (κ3) is 2.71. The number of methoxy groups -OCH3 is 2. The van der Waals surface area contributed by atoms with E-state index in [4.69, 9.17) is 25.8 Å². The minimum absolute atomic E-state index is 0.0918. The van der Waals surface area contributed by atoms with Crippen LogP contribution in [-0.4, -0.2) is 20.8 Å². The molecule has 0 saturated heterocycles. The second kappa shape index (κ2) is 5.96. The standard InChI is InChI=1S/C17H17ClO3/c1-19-15-9-12-7-8-21-17(14(12)10-16(15)20-2)11-3-5-13(18)6-4-11/h3-6,9-10,17H,7-8H2,1-2H3. The number of hydrogen-bond acceptors (Lipinski definition) is 3. The highest BCUT2D eigenvalue weighted by Gasteiger charge is 2.25. The number of rotatable bonds is 3. The minimum Gasteiger partial charge on any atom is -0.493 e. The van der Waals surface area contributed by atoms with Gasteiger partial charge in [-0.25, -0.2) is 0 Å². The second-order valence-corrected chi connectivity index (χ2v) is 5.39. The molecule has 0 fully saturated rings. The van der Waals surface area contributed by atoms with E-state index in [0.717, 1.165) is 34.1 Å². The first-order valence-corrected chi connectivity index (χ1v) is 7.22. The predicted molar refractivity (Wildman–Crippen MR) is 82.5 cm³/mol. The average molecular weight is 305 g/mol. The fourth-order valence-electron chi connectivity index (χ4n) is 2.69. The quantitative estimate of drug-likeness (QED) is 0.857. The second-order valence-electron chi connectivity index (χ2n) is 4.96. The Hall–Kier alpha value is -1.71. The minimum atomic E-state index is -0.0918. The highest BCUT2D eigenvalue weighted by molar-refractivity contribution is 6.30. The molecular formula is C17H17ClO3. The van der Waals surface area contributed by atoms with Crippen molar-refractivity contribution in [2.75, 3.05) is 20.8 Å². The fraction of sp³-hybridized carbons (Fsp3) is 0.294. The zero-order valence-corrected chi connectivity index (χ0v) is 12.8. The van der Waals surface area contributed by atoms with Gasteiger partial charge in [0.05, 0.1) is 20.8 Å². The van der Waals surface area contributed by atoms with Crippen molar-refractivity contribution < 1.29 is 14.2 Å². The van der Waals surface area contributed by atoms with Gasteiger partial charge in [0.2, 0.25) is 0 Å². The van der Waals surface area contributed by atoms with Gasteiger partial charge in [-0.1, -0.05) is 23.7 Å². The van der Waals surface area contributed by atoms with Gasteiger partial charge in [0.1, 0.15) is 6.10 Å². The van der Waals surface area contributed by atoms with Crippen molar-refractivity contribution in [1.82, 2.24) is 0 Å². The van der Waals surface area contributed by atoms with Gasteiger partial charge in [-0.2, -0.15) is 0 Å². The Morgan fingerprint density at radius 1 is 1.05 bits per heavy atom. The van der Waals surface area contributed by atoms with Crippen LogP contribution in [-0.2, 0) is 11.2 Å². The topological polar surface area (TPSA) is 27.7 Å². The van der Waals surface area contributed by atoms with E-state index in [1.807, 2.05) is 36.4 Å². The first-order chi connectivity index (χ1) is 10.2. The van der Waals surface area contributed by atoms with Gasteiger partial charge < -0.3 is 14.2 Å². The Morgan fingerprint density at radius 2 is 1.71 bits per heavy atom. The maximum Gasteiger partial charge on any atom is 0.161 e. The molecule has 1 heterocycles. The molecular weight excluding hydrogens is 288 g/mol. The van der Waals surface area contributed by atoms with Crippen molar-refractivity contribution in [3.63, 3.8) is 0 Å². The van der Waals surface area contributed by atoms with Crippen LogP contribution >= 0.6 is 11.6 Å². The van der Waals surface area contributed by atoms with Gasteiger partial charge in [0, 0.05) is 5.02 Å².